The predicted octanol–water partition coefficient (Wildman–Crippen LogP) is 3.01. The molecule has 2 aromatic carbocycles. The van der Waals surface area contributed by atoms with Gasteiger partial charge < -0.3 is 10.4 Å². The van der Waals surface area contributed by atoms with Gasteiger partial charge in [0, 0.05) is 6.04 Å². The SMILES string of the molecule is CCCNC1Cc2cccc3cc(O)cc(c23)C1. The molecule has 0 radical (unpaired) electrons. The van der Waals surface area contributed by atoms with Crippen molar-refractivity contribution in [3.8, 4) is 5.75 Å². The molecule has 2 heteroatoms. The van der Waals surface area contributed by atoms with Crippen LogP contribution in [0, 0.1) is 0 Å². The Balaban J connectivity index is 2.03. The Kier molecular flexibility index (Phi) is 2.96. The highest BCUT2D eigenvalue weighted by atomic mass is 16.3. The molecule has 0 saturated carbocycles. The predicted molar refractivity (Wildman–Crippen MR) is 75.1 cm³/mol. The highest BCUT2D eigenvalue weighted by Gasteiger charge is 2.20. The van der Waals surface area contributed by atoms with Gasteiger partial charge in [-0.15, -0.1) is 0 Å². The average molecular weight is 241 g/mol. The van der Waals surface area contributed by atoms with Gasteiger partial charge >= 0.3 is 0 Å². The van der Waals surface area contributed by atoms with E-state index in [9.17, 15) is 5.11 Å². The molecule has 0 bridgehead atoms. The van der Waals surface area contributed by atoms with Crippen LogP contribution < -0.4 is 5.32 Å². The molecule has 1 aliphatic rings. The quantitative estimate of drug-likeness (QED) is 0.865. The lowest BCUT2D eigenvalue weighted by Crippen LogP contribution is -2.35. The van der Waals surface area contributed by atoms with Crippen LogP contribution in [0.2, 0.25) is 0 Å². The van der Waals surface area contributed by atoms with Gasteiger partial charge in [-0.25, -0.2) is 0 Å². The van der Waals surface area contributed by atoms with E-state index >= 15 is 0 Å². The molecule has 0 amide bonds. The van der Waals surface area contributed by atoms with Crippen LogP contribution in [0.15, 0.2) is 30.3 Å². The van der Waals surface area contributed by atoms with E-state index in [-0.39, 0.29) is 0 Å². The maximum Gasteiger partial charge on any atom is 0.116 e. The Hall–Kier alpha value is -1.54. The van der Waals surface area contributed by atoms with Gasteiger partial charge in [0.2, 0.25) is 0 Å². The summed E-state index contributed by atoms with van der Waals surface area (Å²) in [6.45, 7) is 3.26. The molecule has 0 aliphatic heterocycles. The smallest absolute Gasteiger partial charge is 0.116 e. The first-order chi connectivity index (χ1) is 8.78. The number of rotatable bonds is 3. The van der Waals surface area contributed by atoms with Gasteiger partial charge in [0.15, 0.2) is 0 Å². The molecule has 0 heterocycles. The molecular formula is C16H19NO. The third kappa shape index (κ3) is 1.97. The number of hydrogen-bond donors (Lipinski definition) is 2. The molecule has 2 aromatic rings. The van der Waals surface area contributed by atoms with Crippen LogP contribution in [0.1, 0.15) is 24.5 Å². The Morgan fingerprint density at radius 3 is 2.89 bits per heavy atom. The third-order valence-electron chi connectivity index (χ3n) is 3.75. The van der Waals surface area contributed by atoms with Crippen molar-refractivity contribution in [2.45, 2.75) is 32.2 Å². The van der Waals surface area contributed by atoms with E-state index in [1.165, 1.54) is 16.5 Å². The van der Waals surface area contributed by atoms with E-state index in [4.69, 9.17) is 0 Å². The zero-order valence-electron chi connectivity index (χ0n) is 10.7. The molecule has 1 atom stereocenters. The first-order valence-corrected chi connectivity index (χ1v) is 6.75. The van der Waals surface area contributed by atoms with Crippen LogP contribution in [-0.4, -0.2) is 17.7 Å². The first-order valence-electron chi connectivity index (χ1n) is 6.75. The lowest BCUT2D eigenvalue weighted by atomic mass is 9.85. The minimum atomic E-state index is 0.380. The number of benzene rings is 2. The van der Waals surface area contributed by atoms with Gasteiger partial charge in [-0.2, -0.15) is 0 Å². The van der Waals surface area contributed by atoms with Crippen molar-refractivity contribution in [1.82, 2.24) is 5.32 Å². The van der Waals surface area contributed by atoms with Crippen LogP contribution in [0.25, 0.3) is 10.8 Å². The summed E-state index contributed by atoms with van der Waals surface area (Å²) < 4.78 is 0. The summed E-state index contributed by atoms with van der Waals surface area (Å²) in [6.07, 6.45) is 3.27. The largest absolute Gasteiger partial charge is 0.508 e. The van der Waals surface area contributed by atoms with E-state index in [1.807, 2.05) is 12.1 Å². The topological polar surface area (TPSA) is 32.3 Å². The van der Waals surface area contributed by atoms with Crippen LogP contribution in [-0.2, 0) is 12.8 Å². The molecule has 1 aliphatic carbocycles. The van der Waals surface area contributed by atoms with E-state index < -0.39 is 0 Å². The van der Waals surface area contributed by atoms with E-state index in [0.29, 0.717) is 11.8 Å². The zero-order valence-corrected chi connectivity index (χ0v) is 10.7. The van der Waals surface area contributed by atoms with Crippen LogP contribution in [0.3, 0.4) is 0 Å². The fraction of sp³-hybridized carbons (Fsp3) is 0.375. The summed E-state index contributed by atoms with van der Waals surface area (Å²) in [5.74, 6) is 0.380. The van der Waals surface area contributed by atoms with Crippen molar-refractivity contribution >= 4 is 10.8 Å². The lowest BCUT2D eigenvalue weighted by molar-refractivity contribution is 0.471. The molecule has 18 heavy (non-hydrogen) atoms. The second-order valence-electron chi connectivity index (χ2n) is 5.18. The summed E-state index contributed by atoms with van der Waals surface area (Å²) >= 11 is 0. The zero-order chi connectivity index (χ0) is 12.5. The summed E-state index contributed by atoms with van der Waals surface area (Å²) in [5, 5.41) is 15.9. The number of nitrogens with one attached hydrogen (secondary N) is 1. The van der Waals surface area contributed by atoms with Gasteiger partial charge in [0.1, 0.15) is 5.75 Å². The number of aromatic hydroxyl groups is 1. The van der Waals surface area contributed by atoms with Crippen molar-refractivity contribution < 1.29 is 5.11 Å². The van der Waals surface area contributed by atoms with Crippen molar-refractivity contribution in [1.29, 1.82) is 0 Å². The van der Waals surface area contributed by atoms with E-state index in [2.05, 4.69) is 30.4 Å². The molecule has 3 rings (SSSR count). The van der Waals surface area contributed by atoms with E-state index in [0.717, 1.165) is 31.2 Å². The highest BCUT2D eigenvalue weighted by molar-refractivity contribution is 5.91. The fourth-order valence-corrected chi connectivity index (χ4v) is 3.01. The third-order valence-corrected chi connectivity index (χ3v) is 3.75. The average Bonchev–Trinajstić information content (AvgIpc) is 2.36. The minimum Gasteiger partial charge on any atom is -0.508 e. The molecule has 94 valence electrons. The molecule has 0 saturated heterocycles. The Labute approximate surface area is 108 Å². The highest BCUT2D eigenvalue weighted by Crippen LogP contribution is 2.32. The molecule has 0 spiro atoms. The van der Waals surface area contributed by atoms with Crippen LogP contribution >= 0.6 is 0 Å². The molecular weight excluding hydrogens is 222 g/mol. The van der Waals surface area contributed by atoms with Crippen molar-refractivity contribution in [2.75, 3.05) is 6.54 Å². The Morgan fingerprint density at radius 1 is 1.22 bits per heavy atom. The molecule has 0 fully saturated rings. The fourth-order valence-electron chi connectivity index (χ4n) is 3.01. The molecule has 1 unspecified atom stereocenters. The number of phenols is 1. The van der Waals surface area contributed by atoms with Gasteiger partial charge in [-0.05, 0) is 59.8 Å². The second-order valence-corrected chi connectivity index (χ2v) is 5.18. The minimum absolute atomic E-state index is 0.380. The summed E-state index contributed by atoms with van der Waals surface area (Å²) in [4.78, 5) is 0. The molecule has 2 N–H and O–H groups in total. The van der Waals surface area contributed by atoms with Crippen LogP contribution in [0.5, 0.6) is 5.75 Å². The first kappa shape index (κ1) is 11.5. The van der Waals surface area contributed by atoms with Crippen molar-refractivity contribution in [2.24, 2.45) is 0 Å². The Morgan fingerprint density at radius 2 is 2.06 bits per heavy atom. The lowest BCUT2D eigenvalue weighted by Gasteiger charge is -2.26. The standard InChI is InChI=1S/C16H19NO/c1-2-6-17-14-7-11-4-3-5-12-9-15(18)10-13(8-14)16(11)12/h3-5,9-10,14,17-18H,2,6-8H2,1H3. The normalized spacial score (nSPS) is 18.2. The molecule has 2 nitrogen and oxygen atoms in total. The van der Waals surface area contributed by atoms with Crippen LogP contribution in [0.4, 0.5) is 0 Å². The second kappa shape index (κ2) is 4.62. The summed E-state index contributed by atoms with van der Waals surface area (Å²) in [7, 11) is 0. The summed E-state index contributed by atoms with van der Waals surface area (Å²) in [6, 6.07) is 10.7. The van der Waals surface area contributed by atoms with Crippen molar-refractivity contribution in [3.63, 3.8) is 0 Å². The number of hydrogen-bond acceptors (Lipinski definition) is 2. The maximum atomic E-state index is 9.80. The Bertz CT molecular complexity index is 577. The van der Waals surface area contributed by atoms with E-state index in [1.54, 1.807) is 0 Å². The van der Waals surface area contributed by atoms with Gasteiger partial charge in [0.25, 0.3) is 0 Å². The van der Waals surface area contributed by atoms with Gasteiger partial charge in [-0.3, -0.25) is 0 Å². The summed E-state index contributed by atoms with van der Waals surface area (Å²) in [5.41, 5.74) is 2.68. The van der Waals surface area contributed by atoms with Gasteiger partial charge in [-0.1, -0.05) is 25.1 Å². The maximum absolute atomic E-state index is 9.80. The monoisotopic (exact) mass is 241 g/mol. The van der Waals surface area contributed by atoms with Gasteiger partial charge in [0.05, 0.1) is 0 Å². The van der Waals surface area contributed by atoms with Crippen molar-refractivity contribution in [3.05, 3.63) is 41.5 Å². The number of phenolic OH excluding ortho intramolecular Hbond substituents is 1. The molecule has 0 aromatic heterocycles.